The van der Waals surface area contributed by atoms with Crippen LogP contribution in [0.3, 0.4) is 0 Å². The van der Waals surface area contributed by atoms with E-state index < -0.39 is 5.60 Å². The maximum atomic E-state index is 12.1. The average molecular weight is 439 g/mol. The van der Waals surface area contributed by atoms with Crippen molar-refractivity contribution in [1.82, 2.24) is 15.2 Å². The molecule has 0 bridgehead atoms. The first-order valence-corrected chi connectivity index (χ1v) is 11.8. The van der Waals surface area contributed by atoms with E-state index in [1.54, 1.807) is 0 Å². The van der Waals surface area contributed by atoms with E-state index in [1.165, 1.54) is 11.3 Å². The fraction of sp³-hybridized carbons (Fsp3) is 0.538. The number of carbonyl (C=O) groups excluding carboxylic acids is 1. The van der Waals surface area contributed by atoms with E-state index in [0.717, 1.165) is 57.7 Å². The number of likely N-dealkylation sites (tertiary alicyclic amines) is 1. The summed E-state index contributed by atoms with van der Waals surface area (Å²) in [6.07, 6.45) is 5.60. The number of hydrogen-bond donors (Lipinski definition) is 1. The van der Waals surface area contributed by atoms with E-state index in [0.29, 0.717) is 0 Å². The number of nitrogens with zero attached hydrogens (tertiary/aromatic N) is 3. The SMILES string of the molecule is CCCc1ccccc1N(CCN1CCC(NC(=O)OC(C)(C)C)CC1)c1ccccn1. The molecule has 2 heterocycles. The minimum absolute atomic E-state index is 0.179. The zero-order valence-corrected chi connectivity index (χ0v) is 20.0. The first-order valence-electron chi connectivity index (χ1n) is 11.8. The van der Waals surface area contributed by atoms with Crippen molar-refractivity contribution in [1.29, 1.82) is 0 Å². The lowest BCUT2D eigenvalue weighted by molar-refractivity contribution is 0.0479. The van der Waals surface area contributed by atoms with Gasteiger partial charge >= 0.3 is 6.09 Å². The highest BCUT2D eigenvalue weighted by atomic mass is 16.6. The summed E-state index contributed by atoms with van der Waals surface area (Å²) in [6, 6.07) is 14.9. The predicted octanol–water partition coefficient (Wildman–Crippen LogP) is 5.16. The van der Waals surface area contributed by atoms with E-state index in [1.807, 2.05) is 39.1 Å². The van der Waals surface area contributed by atoms with Gasteiger partial charge in [0, 0.05) is 44.1 Å². The lowest BCUT2D eigenvalue weighted by atomic mass is 10.0. The first-order chi connectivity index (χ1) is 15.4. The van der Waals surface area contributed by atoms with Gasteiger partial charge in [-0.1, -0.05) is 37.6 Å². The Morgan fingerprint density at radius 2 is 1.88 bits per heavy atom. The van der Waals surface area contributed by atoms with E-state index in [9.17, 15) is 4.79 Å². The van der Waals surface area contributed by atoms with Crippen molar-refractivity contribution in [3.8, 4) is 0 Å². The van der Waals surface area contributed by atoms with Crippen molar-refractivity contribution >= 4 is 17.6 Å². The molecule has 32 heavy (non-hydrogen) atoms. The lowest BCUT2D eigenvalue weighted by Crippen LogP contribution is -2.47. The van der Waals surface area contributed by atoms with Crippen LogP contribution in [-0.2, 0) is 11.2 Å². The van der Waals surface area contributed by atoms with Crippen LogP contribution < -0.4 is 10.2 Å². The fourth-order valence-corrected chi connectivity index (χ4v) is 4.14. The molecule has 1 aromatic carbocycles. The average Bonchev–Trinajstić information content (AvgIpc) is 2.76. The Morgan fingerprint density at radius 1 is 1.16 bits per heavy atom. The molecule has 174 valence electrons. The molecular weight excluding hydrogens is 400 g/mol. The highest BCUT2D eigenvalue weighted by Crippen LogP contribution is 2.28. The molecular formula is C26H38N4O2. The van der Waals surface area contributed by atoms with Gasteiger partial charge < -0.3 is 19.9 Å². The molecule has 1 saturated heterocycles. The topological polar surface area (TPSA) is 57.7 Å². The number of aromatic nitrogens is 1. The molecule has 0 unspecified atom stereocenters. The van der Waals surface area contributed by atoms with Crippen LogP contribution in [0.15, 0.2) is 48.7 Å². The minimum Gasteiger partial charge on any atom is -0.444 e. The van der Waals surface area contributed by atoms with Crippen LogP contribution in [-0.4, -0.2) is 53.8 Å². The van der Waals surface area contributed by atoms with Crippen LogP contribution in [0.25, 0.3) is 0 Å². The van der Waals surface area contributed by atoms with Gasteiger partial charge in [0.15, 0.2) is 0 Å². The third-order valence-electron chi connectivity index (χ3n) is 5.68. The molecule has 0 radical (unpaired) electrons. The number of hydrogen-bond acceptors (Lipinski definition) is 5. The number of nitrogens with one attached hydrogen (secondary N) is 1. The Hall–Kier alpha value is -2.60. The number of rotatable bonds is 8. The molecule has 1 aromatic heterocycles. The molecule has 1 aliphatic rings. The van der Waals surface area contributed by atoms with Gasteiger partial charge in [-0.2, -0.15) is 0 Å². The number of para-hydroxylation sites is 1. The molecule has 6 heteroatoms. The molecule has 6 nitrogen and oxygen atoms in total. The molecule has 1 fully saturated rings. The Bertz CT molecular complexity index is 842. The van der Waals surface area contributed by atoms with Crippen LogP contribution in [0, 0.1) is 0 Å². The third-order valence-corrected chi connectivity index (χ3v) is 5.68. The Morgan fingerprint density at radius 3 is 2.53 bits per heavy atom. The summed E-state index contributed by atoms with van der Waals surface area (Å²) in [5.74, 6) is 0.984. The van der Waals surface area contributed by atoms with Gasteiger partial charge in [0.2, 0.25) is 0 Å². The Labute approximate surface area is 193 Å². The zero-order chi connectivity index (χ0) is 23.0. The standard InChI is InChI=1S/C26H38N4O2/c1-5-10-21-11-6-7-12-23(21)30(24-13-8-9-16-27-24)20-19-29-17-14-22(15-18-29)28-25(31)32-26(2,3)4/h6-9,11-13,16,22H,5,10,14-15,17-20H2,1-4H3,(H,28,31). The largest absolute Gasteiger partial charge is 0.444 e. The van der Waals surface area contributed by atoms with Crippen molar-refractivity contribution in [3.05, 3.63) is 54.2 Å². The van der Waals surface area contributed by atoms with Gasteiger partial charge in [0.25, 0.3) is 0 Å². The number of carbonyl (C=O) groups is 1. The molecule has 0 saturated carbocycles. The van der Waals surface area contributed by atoms with Gasteiger partial charge in [0.1, 0.15) is 11.4 Å². The number of pyridine rings is 1. The van der Waals surface area contributed by atoms with Crippen molar-refractivity contribution in [2.24, 2.45) is 0 Å². The summed E-state index contributed by atoms with van der Waals surface area (Å²) in [7, 11) is 0. The van der Waals surface area contributed by atoms with E-state index in [4.69, 9.17) is 4.74 Å². The summed E-state index contributed by atoms with van der Waals surface area (Å²) in [4.78, 5) is 21.5. The van der Waals surface area contributed by atoms with Crippen molar-refractivity contribution in [3.63, 3.8) is 0 Å². The lowest BCUT2D eigenvalue weighted by Gasteiger charge is -2.35. The number of ether oxygens (including phenoxy) is 1. The minimum atomic E-state index is -0.464. The maximum absolute atomic E-state index is 12.1. The van der Waals surface area contributed by atoms with Gasteiger partial charge in [-0.25, -0.2) is 9.78 Å². The molecule has 0 atom stereocenters. The van der Waals surface area contributed by atoms with Crippen LogP contribution in [0.5, 0.6) is 0 Å². The monoisotopic (exact) mass is 438 g/mol. The normalized spacial score (nSPS) is 15.4. The fourth-order valence-electron chi connectivity index (χ4n) is 4.14. The summed E-state index contributed by atoms with van der Waals surface area (Å²) < 4.78 is 5.40. The summed E-state index contributed by atoms with van der Waals surface area (Å²) in [5.41, 5.74) is 2.14. The number of benzene rings is 1. The van der Waals surface area contributed by atoms with Crippen LogP contribution in [0.1, 0.15) is 52.5 Å². The highest BCUT2D eigenvalue weighted by molar-refractivity contribution is 5.68. The number of amides is 1. The number of anilines is 2. The first kappa shape index (κ1) is 24.1. The van der Waals surface area contributed by atoms with Crippen LogP contribution in [0.4, 0.5) is 16.3 Å². The number of piperidine rings is 1. The van der Waals surface area contributed by atoms with E-state index >= 15 is 0 Å². The summed E-state index contributed by atoms with van der Waals surface area (Å²) in [5, 5.41) is 3.03. The number of aryl methyl sites for hydroxylation is 1. The van der Waals surface area contributed by atoms with Gasteiger partial charge in [-0.05, 0) is 63.8 Å². The maximum Gasteiger partial charge on any atom is 0.407 e. The second-order valence-electron chi connectivity index (χ2n) is 9.48. The predicted molar refractivity (Wildman–Crippen MR) is 131 cm³/mol. The summed E-state index contributed by atoms with van der Waals surface area (Å²) >= 11 is 0. The number of alkyl carbamates (subject to hydrolysis) is 1. The van der Waals surface area contributed by atoms with Gasteiger partial charge in [-0.3, -0.25) is 0 Å². The Kier molecular flexibility index (Phi) is 8.51. The van der Waals surface area contributed by atoms with Crippen LogP contribution in [0.2, 0.25) is 0 Å². The second kappa shape index (κ2) is 11.3. The van der Waals surface area contributed by atoms with Crippen LogP contribution >= 0.6 is 0 Å². The molecule has 0 spiro atoms. The van der Waals surface area contributed by atoms with Gasteiger partial charge in [-0.15, -0.1) is 0 Å². The molecule has 1 amide bonds. The zero-order valence-electron chi connectivity index (χ0n) is 20.0. The van der Waals surface area contributed by atoms with Crippen molar-refractivity contribution in [2.45, 2.75) is 65.0 Å². The molecule has 1 N–H and O–H groups in total. The quantitative estimate of drug-likeness (QED) is 0.617. The second-order valence-corrected chi connectivity index (χ2v) is 9.48. The van der Waals surface area contributed by atoms with Crippen molar-refractivity contribution < 1.29 is 9.53 Å². The molecule has 0 aliphatic carbocycles. The highest BCUT2D eigenvalue weighted by Gasteiger charge is 2.24. The smallest absolute Gasteiger partial charge is 0.407 e. The summed E-state index contributed by atoms with van der Waals surface area (Å²) in [6.45, 7) is 11.7. The van der Waals surface area contributed by atoms with E-state index in [2.05, 4.69) is 57.4 Å². The van der Waals surface area contributed by atoms with Gasteiger partial charge in [0.05, 0.1) is 0 Å². The van der Waals surface area contributed by atoms with E-state index in [-0.39, 0.29) is 12.1 Å². The third kappa shape index (κ3) is 7.23. The molecule has 1 aliphatic heterocycles. The molecule has 2 aromatic rings. The Balaban J connectivity index is 1.59. The van der Waals surface area contributed by atoms with Crippen molar-refractivity contribution in [2.75, 3.05) is 31.1 Å². The molecule has 3 rings (SSSR count).